The molecule has 0 saturated heterocycles. The van der Waals surface area contributed by atoms with E-state index in [0.29, 0.717) is 19.0 Å². The second kappa shape index (κ2) is 8.54. The van der Waals surface area contributed by atoms with Crippen molar-refractivity contribution in [3.05, 3.63) is 0 Å². The molecule has 0 aliphatic heterocycles. The summed E-state index contributed by atoms with van der Waals surface area (Å²) in [5.41, 5.74) is 5.46. The van der Waals surface area contributed by atoms with Gasteiger partial charge in [0.1, 0.15) is 0 Å². The largest absolute Gasteiger partial charge is 0.346 e. The Morgan fingerprint density at radius 1 is 1.16 bits per heavy atom. The monoisotopic (exact) mass is 269 g/mol. The van der Waals surface area contributed by atoms with Crippen LogP contribution >= 0.6 is 0 Å². The number of nitrogens with two attached hydrogens (primary N) is 1. The third-order valence-corrected chi connectivity index (χ3v) is 4.41. The molecule has 2 N–H and O–H groups in total. The van der Waals surface area contributed by atoms with E-state index in [1.54, 1.807) is 0 Å². The van der Waals surface area contributed by atoms with E-state index in [9.17, 15) is 4.79 Å². The topological polar surface area (TPSA) is 49.6 Å². The third kappa shape index (κ3) is 5.91. The molecule has 1 saturated carbocycles. The minimum absolute atomic E-state index is 0.240. The first-order valence-electron chi connectivity index (χ1n) is 7.68. The molecule has 0 spiro atoms. The molecule has 1 amide bonds. The van der Waals surface area contributed by atoms with Gasteiger partial charge in [0.25, 0.3) is 0 Å². The Morgan fingerprint density at radius 2 is 1.79 bits per heavy atom. The summed E-state index contributed by atoms with van der Waals surface area (Å²) in [6, 6.07) is 0.679. The number of carbonyl (C=O) groups is 1. The number of hydrogen-bond donors (Lipinski definition) is 1. The Morgan fingerprint density at radius 3 is 2.37 bits per heavy atom. The van der Waals surface area contributed by atoms with Crippen LogP contribution in [0, 0.1) is 5.92 Å². The molecular weight excluding hydrogens is 238 g/mol. The normalized spacial score (nSPS) is 23.6. The molecule has 0 bridgehead atoms. The zero-order valence-corrected chi connectivity index (χ0v) is 12.9. The third-order valence-electron chi connectivity index (χ3n) is 4.41. The molecule has 0 atom stereocenters. The van der Waals surface area contributed by atoms with Crippen LogP contribution in [0.5, 0.6) is 0 Å². The maximum atomic E-state index is 11.9. The fraction of sp³-hybridized carbons (Fsp3) is 0.933. The van der Waals surface area contributed by atoms with Gasteiger partial charge < -0.3 is 15.5 Å². The molecule has 0 heterocycles. The summed E-state index contributed by atoms with van der Waals surface area (Å²) < 4.78 is 0. The quantitative estimate of drug-likeness (QED) is 0.765. The molecule has 0 aromatic carbocycles. The van der Waals surface area contributed by atoms with Gasteiger partial charge in [-0.1, -0.05) is 6.92 Å². The van der Waals surface area contributed by atoms with E-state index in [1.807, 2.05) is 11.9 Å². The minimum atomic E-state index is 0.240. The Kier molecular flexibility index (Phi) is 7.39. The summed E-state index contributed by atoms with van der Waals surface area (Å²) in [5.74, 6) is 1.12. The minimum Gasteiger partial charge on any atom is -0.346 e. The summed E-state index contributed by atoms with van der Waals surface area (Å²) in [4.78, 5) is 16.1. The Labute approximate surface area is 118 Å². The highest BCUT2D eigenvalue weighted by atomic mass is 16.2. The number of hydrogen-bond acceptors (Lipinski definition) is 3. The summed E-state index contributed by atoms with van der Waals surface area (Å²) in [6.45, 7) is 4.65. The summed E-state index contributed by atoms with van der Waals surface area (Å²) >= 11 is 0. The van der Waals surface area contributed by atoms with E-state index in [-0.39, 0.29) is 5.91 Å². The van der Waals surface area contributed by atoms with Gasteiger partial charge >= 0.3 is 0 Å². The van der Waals surface area contributed by atoms with Crippen molar-refractivity contribution in [2.45, 2.75) is 51.5 Å². The molecular formula is C15H31N3O. The fourth-order valence-electron chi connectivity index (χ4n) is 2.78. The zero-order chi connectivity index (χ0) is 14.3. The van der Waals surface area contributed by atoms with E-state index in [4.69, 9.17) is 5.73 Å². The highest BCUT2D eigenvalue weighted by molar-refractivity contribution is 5.76. The lowest BCUT2D eigenvalue weighted by Gasteiger charge is -2.33. The molecule has 0 aromatic rings. The van der Waals surface area contributed by atoms with Crippen molar-refractivity contribution in [2.24, 2.45) is 11.7 Å². The molecule has 0 radical (unpaired) electrons. The maximum absolute atomic E-state index is 11.9. The van der Waals surface area contributed by atoms with Gasteiger partial charge in [-0.05, 0) is 51.6 Å². The Hall–Kier alpha value is -0.610. The van der Waals surface area contributed by atoms with Crippen LogP contribution < -0.4 is 5.73 Å². The van der Waals surface area contributed by atoms with Gasteiger partial charge in [0.05, 0.1) is 0 Å². The number of rotatable bonds is 7. The van der Waals surface area contributed by atoms with Gasteiger partial charge in [-0.25, -0.2) is 0 Å². The van der Waals surface area contributed by atoms with Crippen LogP contribution in [0.1, 0.15) is 45.4 Å². The lowest BCUT2D eigenvalue weighted by Crippen LogP contribution is -2.38. The first-order valence-corrected chi connectivity index (χ1v) is 7.68. The van der Waals surface area contributed by atoms with Gasteiger partial charge in [-0.3, -0.25) is 4.79 Å². The van der Waals surface area contributed by atoms with Crippen LogP contribution in [0.15, 0.2) is 0 Å². The van der Waals surface area contributed by atoms with Gasteiger partial charge in [-0.15, -0.1) is 0 Å². The predicted molar refractivity (Wildman–Crippen MR) is 80.0 cm³/mol. The molecule has 0 unspecified atom stereocenters. The summed E-state index contributed by atoms with van der Waals surface area (Å²) in [6.07, 6.45) is 6.75. The van der Waals surface area contributed by atoms with Crippen molar-refractivity contribution >= 4 is 5.91 Å². The van der Waals surface area contributed by atoms with Gasteiger partial charge in [0.2, 0.25) is 5.91 Å². The molecule has 1 aliphatic rings. The van der Waals surface area contributed by atoms with Gasteiger partial charge in [-0.2, -0.15) is 0 Å². The predicted octanol–water partition coefficient (Wildman–Crippen LogP) is 1.69. The zero-order valence-electron chi connectivity index (χ0n) is 12.9. The number of nitrogens with zero attached hydrogens (tertiary/aromatic N) is 2. The van der Waals surface area contributed by atoms with Crippen molar-refractivity contribution in [1.29, 1.82) is 0 Å². The molecule has 0 aromatic heterocycles. The van der Waals surface area contributed by atoms with E-state index >= 15 is 0 Å². The molecule has 1 fully saturated rings. The SMILES string of the molecule is CC1CCC(N(C)CCC(=O)N(C)CCCN)CC1. The van der Waals surface area contributed by atoms with E-state index < -0.39 is 0 Å². The summed E-state index contributed by atoms with van der Waals surface area (Å²) in [5, 5.41) is 0. The maximum Gasteiger partial charge on any atom is 0.223 e. The average Bonchev–Trinajstić information content (AvgIpc) is 2.42. The van der Waals surface area contributed by atoms with Crippen molar-refractivity contribution in [1.82, 2.24) is 9.80 Å². The van der Waals surface area contributed by atoms with Crippen LogP contribution in [-0.4, -0.2) is 55.5 Å². The molecule has 4 heteroatoms. The lowest BCUT2D eigenvalue weighted by atomic mass is 9.87. The molecule has 1 rings (SSSR count). The van der Waals surface area contributed by atoms with Crippen LogP contribution in [0.4, 0.5) is 0 Å². The highest BCUT2D eigenvalue weighted by Gasteiger charge is 2.22. The molecule has 19 heavy (non-hydrogen) atoms. The molecule has 4 nitrogen and oxygen atoms in total. The van der Waals surface area contributed by atoms with E-state index in [1.165, 1.54) is 25.7 Å². The van der Waals surface area contributed by atoms with Crippen LogP contribution in [0.3, 0.4) is 0 Å². The number of carbonyl (C=O) groups excluding carboxylic acids is 1. The first kappa shape index (κ1) is 16.4. The average molecular weight is 269 g/mol. The fourth-order valence-corrected chi connectivity index (χ4v) is 2.78. The van der Waals surface area contributed by atoms with Crippen molar-refractivity contribution in [2.75, 3.05) is 33.7 Å². The number of amides is 1. The first-order chi connectivity index (χ1) is 9.04. The summed E-state index contributed by atoms with van der Waals surface area (Å²) in [7, 11) is 4.04. The van der Waals surface area contributed by atoms with Crippen LogP contribution in [0.2, 0.25) is 0 Å². The van der Waals surface area contributed by atoms with Crippen molar-refractivity contribution in [3.8, 4) is 0 Å². The second-order valence-electron chi connectivity index (χ2n) is 6.10. The van der Waals surface area contributed by atoms with Gasteiger partial charge in [0, 0.05) is 32.6 Å². The molecule has 1 aliphatic carbocycles. The van der Waals surface area contributed by atoms with E-state index in [0.717, 1.165) is 25.4 Å². The Bertz CT molecular complexity index is 262. The second-order valence-corrected chi connectivity index (χ2v) is 6.10. The lowest BCUT2D eigenvalue weighted by molar-refractivity contribution is -0.130. The standard InChI is InChI=1S/C15H31N3O/c1-13-5-7-14(8-6-13)17(2)12-9-15(19)18(3)11-4-10-16/h13-14H,4-12,16H2,1-3H3. The molecule has 112 valence electrons. The van der Waals surface area contributed by atoms with Crippen molar-refractivity contribution < 1.29 is 4.79 Å². The van der Waals surface area contributed by atoms with Gasteiger partial charge in [0.15, 0.2) is 0 Å². The Balaban J connectivity index is 2.21. The highest BCUT2D eigenvalue weighted by Crippen LogP contribution is 2.26. The van der Waals surface area contributed by atoms with Crippen molar-refractivity contribution in [3.63, 3.8) is 0 Å². The van der Waals surface area contributed by atoms with E-state index in [2.05, 4.69) is 18.9 Å². The smallest absolute Gasteiger partial charge is 0.223 e. The van der Waals surface area contributed by atoms with Crippen LogP contribution in [-0.2, 0) is 4.79 Å². The van der Waals surface area contributed by atoms with Crippen LogP contribution in [0.25, 0.3) is 0 Å².